The number of rotatable bonds is 1. The first-order valence-corrected chi connectivity index (χ1v) is 7.60. The summed E-state index contributed by atoms with van der Waals surface area (Å²) in [5.41, 5.74) is 5.46. The van der Waals surface area contributed by atoms with Crippen LogP contribution in [-0.4, -0.2) is 13.1 Å². The Kier molecular flexibility index (Phi) is 3.81. The molecular formula is C18H15FN5+. The molecule has 0 spiro atoms. The number of nitriles is 3. The van der Waals surface area contributed by atoms with Gasteiger partial charge >= 0.3 is 0 Å². The van der Waals surface area contributed by atoms with E-state index in [1.54, 1.807) is 18.2 Å². The summed E-state index contributed by atoms with van der Waals surface area (Å²) in [5.74, 6) is -1.55. The SMILES string of the molecule is N#CC1=C(N)C(C#N)(C#N)C(c2ccccc2F)C2C[NH2+]CC=C12. The first-order valence-electron chi connectivity index (χ1n) is 7.60. The summed E-state index contributed by atoms with van der Waals surface area (Å²) < 4.78 is 14.5. The molecular weight excluding hydrogens is 305 g/mol. The predicted octanol–water partition coefficient (Wildman–Crippen LogP) is 0.812. The fourth-order valence-electron chi connectivity index (χ4n) is 3.78. The maximum absolute atomic E-state index is 14.5. The van der Waals surface area contributed by atoms with E-state index in [4.69, 9.17) is 5.73 Å². The van der Waals surface area contributed by atoms with Crippen LogP contribution in [0.3, 0.4) is 0 Å². The Morgan fingerprint density at radius 1 is 1.21 bits per heavy atom. The van der Waals surface area contributed by atoms with Gasteiger partial charge in [-0.25, -0.2) is 4.39 Å². The molecule has 0 fully saturated rings. The molecule has 1 aromatic rings. The zero-order chi connectivity index (χ0) is 17.3. The molecule has 2 aliphatic rings. The van der Waals surface area contributed by atoms with E-state index in [1.807, 2.05) is 29.6 Å². The van der Waals surface area contributed by atoms with Gasteiger partial charge in [0.1, 0.15) is 11.9 Å². The van der Waals surface area contributed by atoms with Crippen LogP contribution >= 0.6 is 0 Å². The van der Waals surface area contributed by atoms with Crippen molar-refractivity contribution in [2.45, 2.75) is 5.92 Å². The third-order valence-electron chi connectivity index (χ3n) is 4.88. The molecule has 4 N–H and O–H groups in total. The van der Waals surface area contributed by atoms with Gasteiger partial charge in [0.25, 0.3) is 0 Å². The molecule has 1 aromatic carbocycles. The Morgan fingerprint density at radius 2 is 1.92 bits per heavy atom. The highest BCUT2D eigenvalue weighted by atomic mass is 19.1. The van der Waals surface area contributed by atoms with Crippen molar-refractivity contribution in [3.05, 3.63) is 58.6 Å². The molecule has 3 rings (SSSR count). The number of benzene rings is 1. The van der Waals surface area contributed by atoms with Crippen LogP contribution in [0.25, 0.3) is 0 Å². The highest BCUT2D eigenvalue weighted by Crippen LogP contribution is 2.53. The second-order valence-corrected chi connectivity index (χ2v) is 5.96. The number of allylic oxidation sites excluding steroid dienone is 2. The van der Waals surface area contributed by atoms with Crippen molar-refractivity contribution in [2.75, 3.05) is 13.1 Å². The molecule has 118 valence electrons. The fraction of sp³-hybridized carbons (Fsp3) is 0.278. The molecule has 0 bridgehead atoms. The summed E-state index contributed by atoms with van der Waals surface area (Å²) in [4.78, 5) is 0. The second-order valence-electron chi connectivity index (χ2n) is 5.96. The summed E-state index contributed by atoms with van der Waals surface area (Å²) in [5, 5.41) is 31.1. The van der Waals surface area contributed by atoms with Crippen LogP contribution in [0.2, 0.25) is 0 Å². The van der Waals surface area contributed by atoms with Gasteiger partial charge in [-0.3, -0.25) is 0 Å². The van der Waals surface area contributed by atoms with E-state index in [9.17, 15) is 20.2 Å². The summed E-state index contributed by atoms with van der Waals surface area (Å²) in [6.45, 7) is 1.24. The van der Waals surface area contributed by atoms with Gasteiger partial charge in [0.15, 0.2) is 5.41 Å². The highest BCUT2D eigenvalue weighted by molar-refractivity contribution is 5.59. The van der Waals surface area contributed by atoms with Crippen molar-refractivity contribution in [1.82, 2.24) is 0 Å². The normalized spacial score (nSPS) is 24.8. The number of halogens is 1. The first-order chi connectivity index (χ1) is 11.6. The zero-order valence-electron chi connectivity index (χ0n) is 12.8. The predicted molar refractivity (Wildman–Crippen MR) is 82.9 cm³/mol. The Labute approximate surface area is 139 Å². The molecule has 1 heterocycles. The van der Waals surface area contributed by atoms with Crippen LogP contribution in [0, 0.1) is 51.1 Å². The molecule has 0 saturated carbocycles. The lowest BCUT2D eigenvalue weighted by Crippen LogP contribution is -2.87. The third kappa shape index (κ3) is 2.00. The van der Waals surface area contributed by atoms with Crippen molar-refractivity contribution < 1.29 is 9.71 Å². The standard InChI is InChI=1S/C18H14FN5/c19-15-4-2-1-3-12(15)16-14-8-24-6-5-11(14)13(7-20)17(23)18(16,9-21)10-22/h1-5,14,16,24H,6,8,23H2/p+1. The summed E-state index contributed by atoms with van der Waals surface area (Å²) in [6, 6.07) is 12.1. The molecule has 0 radical (unpaired) electrons. The van der Waals surface area contributed by atoms with E-state index in [-0.39, 0.29) is 22.8 Å². The molecule has 1 aliphatic carbocycles. The van der Waals surface area contributed by atoms with Gasteiger partial charge in [0.2, 0.25) is 0 Å². The van der Waals surface area contributed by atoms with E-state index in [0.717, 1.165) is 0 Å². The fourth-order valence-corrected chi connectivity index (χ4v) is 3.78. The topological polar surface area (TPSA) is 114 Å². The minimum absolute atomic E-state index is 0.0762. The average molecular weight is 320 g/mol. The van der Waals surface area contributed by atoms with E-state index in [1.165, 1.54) is 6.07 Å². The maximum Gasteiger partial charge on any atom is 0.191 e. The number of quaternary nitrogens is 1. The van der Waals surface area contributed by atoms with Gasteiger partial charge < -0.3 is 11.1 Å². The van der Waals surface area contributed by atoms with Crippen molar-refractivity contribution in [2.24, 2.45) is 17.1 Å². The van der Waals surface area contributed by atoms with Crippen molar-refractivity contribution >= 4 is 0 Å². The van der Waals surface area contributed by atoms with Crippen molar-refractivity contribution in [3.8, 4) is 18.2 Å². The highest BCUT2D eigenvalue weighted by Gasteiger charge is 2.55. The molecule has 1 aliphatic heterocycles. The van der Waals surface area contributed by atoms with Crippen LogP contribution in [0.1, 0.15) is 11.5 Å². The third-order valence-corrected chi connectivity index (χ3v) is 4.88. The lowest BCUT2D eigenvalue weighted by Gasteiger charge is -2.42. The van der Waals surface area contributed by atoms with E-state index < -0.39 is 17.2 Å². The smallest absolute Gasteiger partial charge is 0.191 e. The summed E-state index contributed by atoms with van der Waals surface area (Å²) in [7, 11) is 0. The Hall–Kier alpha value is -3.14. The average Bonchev–Trinajstić information content (AvgIpc) is 2.62. The lowest BCUT2D eigenvalue weighted by atomic mass is 9.58. The Bertz CT molecular complexity index is 864. The van der Waals surface area contributed by atoms with Gasteiger partial charge in [-0.15, -0.1) is 0 Å². The monoisotopic (exact) mass is 320 g/mol. The van der Waals surface area contributed by atoms with Crippen molar-refractivity contribution in [1.29, 1.82) is 15.8 Å². The molecule has 6 heteroatoms. The number of nitrogens with zero attached hydrogens (tertiary/aromatic N) is 3. The van der Waals surface area contributed by atoms with Crippen LogP contribution in [0.5, 0.6) is 0 Å². The van der Waals surface area contributed by atoms with Crippen LogP contribution in [0.4, 0.5) is 4.39 Å². The molecule has 2 atom stereocenters. The molecule has 0 amide bonds. The number of nitrogens with two attached hydrogens (primary N) is 2. The Morgan fingerprint density at radius 3 is 2.54 bits per heavy atom. The first kappa shape index (κ1) is 15.7. The van der Waals surface area contributed by atoms with Gasteiger partial charge in [0.05, 0.1) is 36.5 Å². The number of fused-ring (bicyclic) bond motifs is 1. The second kappa shape index (κ2) is 5.81. The number of hydrogen-bond acceptors (Lipinski definition) is 4. The quantitative estimate of drug-likeness (QED) is 0.797. The molecule has 2 unspecified atom stereocenters. The Balaban J connectivity index is 2.37. The number of hydrogen-bond donors (Lipinski definition) is 2. The lowest BCUT2D eigenvalue weighted by molar-refractivity contribution is -0.654. The van der Waals surface area contributed by atoms with Gasteiger partial charge in [-0.1, -0.05) is 18.2 Å². The van der Waals surface area contributed by atoms with Crippen molar-refractivity contribution in [3.63, 3.8) is 0 Å². The zero-order valence-corrected chi connectivity index (χ0v) is 12.8. The minimum atomic E-state index is -1.76. The largest absolute Gasteiger partial charge is 0.399 e. The van der Waals surface area contributed by atoms with E-state index >= 15 is 0 Å². The molecule has 0 saturated heterocycles. The van der Waals surface area contributed by atoms with Gasteiger partial charge in [-0.05, 0) is 23.3 Å². The van der Waals surface area contributed by atoms with Crippen LogP contribution in [-0.2, 0) is 0 Å². The summed E-state index contributed by atoms with van der Waals surface area (Å²) in [6.07, 6.45) is 1.88. The molecule has 24 heavy (non-hydrogen) atoms. The minimum Gasteiger partial charge on any atom is -0.399 e. The maximum atomic E-state index is 14.5. The molecule has 0 aromatic heterocycles. The van der Waals surface area contributed by atoms with Crippen LogP contribution in [0.15, 0.2) is 47.2 Å². The van der Waals surface area contributed by atoms with Crippen LogP contribution < -0.4 is 11.1 Å². The van der Waals surface area contributed by atoms with E-state index in [0.29, 0.717) is 18.7 Å². The van der Waals surface area contributed by atoms with E-state index in [2.05, 4.69) is 0 Å². The van der Waals surface area contributed by atoms with Gasteiger partial charge in [-0.2, -0.15) is 15.8 Å². The van der Waals surface area contributed by atoms with Gasteiger partial charge in [0, 0.05) is 11.8 Å². The summed E-state index contributed by atoms with van der Waals surface area (Å²) >= 11 is 0. The molecule has 5 nitrogen and oxygen atoms in total.